The Labute approximate surface area is 225 Å². The number of likely N-dealkylation sites (N-methyl/N-ethyl adjacent to an activating group) is 1. The SMILES string of the molecule is CN1CNC(C2CC(Cl)C(F)C(C(=O)NNS(=O)(=O)CC3CCC(N(C)C(=O)OC(C)(C)C)CC3)C2)C1. The Bertz CT molecular complexity index is 912. The van der Waals surface area contributed by atoms with Gasteiger partial charge in [-0.3, -0.25) is 20.4 Å². The third-order valence-electron chi connectivity index (χ3n) is 7.68. The second-order valence-electron chi connectivity index (χ2n) is 11.9. The molecule has 1 saturated heterocycles. The zero-order valence-electron chi connectivity index (χ0n) is 22.5. The molecule has 10 nitrogen and oxygen atoms in total. The van der Waals surface area contributed by atoms with E-state index in [9.17, 15) is 22.4 Å². The normalized spacial score (nSPS) is 33.6. The number of amides is 2. The monoisotopic (exact) mass is 567 g/mol. The number of carbonyl (C=O) groups is 2. The van der Waals surface area contributed by atoms with Gasteiger partial charge < -0.3 is 9.64 Å². The van der Waals surface area contributed by atoms with Crippen LogP contribution in [-0.4, -0.2) is 92.5 Å². The van der Waals surface area contributed by atoms with Gasteiger partial charge >= 0.3 is 6.09 Å². The molecule has 1 heterocycles. The van der Waals surface area contributed by atoms with E-state index in [4.69, 9.17) is 16.3 Å². The van der Waals surface area contributed by atoms with Crippen LogP contribution in [-0.2, 0) is 19.6 Å². The van der Waals surface area contributed by atoms with Crippen LogP contribution in [0.1, 0.15) is 59.3 Å². The first-order valence-corrected chi connectivity index (χ1v) is 15.2. The maximum atomic E-state index is 14.8. The molecule has 2 saturated carbocycles. The molecule has 13 heteroatoms. The number of hydrogen-bond donors (Lipinski definition) is 3. The molecule has 2 aliphatic carbocycles. The lowest BCUT2D eigenvalue weighted by atomic mass is 9.76. The molecule has 3 N–H and O–H groups in total. The Hall–Kier alpha value is -1.21. The van der Waals surface area contributed by atoms with Crippen molar-refractivity contribution in [3.63, 3.8) is 0 Å². The second kappa shape index (κ2) is 12.3. The molecule has 5 atom stereocenters. The molecule has 5 unspecified atom stereocenters. The summed E-state index contributed by atoms with van der Waals surface area (Å²) >= 11 is 6.25. The molecule has 3 aliphatic rings. The highest BCUT2D eigenvalue weighted by Gasteiger charge is 2.44. The van der Waals surface area contributed by atoms with Crippen molar-refractivity contribution in [2.24, 2.45) is 17.8 Å². The Morgan fingerprint density at radius 2 is 1.84 bits per heavy atom. The molecule has 37 heavy (non-hydrogen) atoms. The lowest BCUT2D eigenvalue weighted by Gasteiger charge is -2.37. The number of ether oxygens (including phenoxy) is 1. The highest BCUT2D eigenvalue weighted by Crippen LogP contribution is 2.37. The van der Waals surface area contributed by atoms with Crippen LogP contribution in [0, 0.1) is 17.8 Å². The van der Waals surface area contributed by atoms with Gasteiger partial charge in [0, 0.05) is 32.3 Å². The molecule has 0 spiro atoms. The predicted octanol–water partition coefficient (Wildman–Crippen LogP) is 2.20. The fourth-order valence-corrected chi connectivity index (χ4v) is 7.31. The molecule has 2 amide bonds. The summed E-state index contributed by atoms with van der Waals surface area (Å²) in [5.41, 5.74) is 1.66. The van der Waals surface area contributed by atoms with Crippen molar-refractivity contribution in [2.75, 3.05) is 33.1 Å². The fourth-order valence-electron chi connectivity index (χ4n) is 5.61. The standard InChI is InChI=1S/C24H43ClFN5O5S/c1-24(2,3)36-23(33)31(5)17-8-6-15(7-9-17)13-37(34,35)29-28-22(32)18-10-16(11-19(25)21(18)26)20-12-30(4)14-27-20/h15-21,27,29H,6-14H2,1-5H3,(H,28,32). The van der Waals surface area contributed by atoms with Crippen LogP contribution in [0.2, 0.25) is 0 Å². The molecule has 214 valence electrons. The number of nitrogens with one attached hydrogen (secondary N) is 3. The number of hydrogen-bond acceptors (Lipinski definition) is 7. The van der Waals surface area contributed by atoms with E-state index in [2.05, 4.69) is 20.5 Å². The summed E-state index contributed by atoms with van der Waals surface area (Å²) in [7, 11) is -0.138. The average molecular weight is 568 g/mol. The molecule has 1 aliphatic heterocycles. The van der Waals surface area contributed by atoms with E-state index in [-0.39, 0.29) is 35.8 Å². The third kappa shape index (κ3) is 8.64. The van der Waals surface area contributed by atoms with Crippen molar-refractivity contribution >= 4 is 33.6 Å². The molecule has 3 rings (SSSR count). The van der Waals surface area contributed by atoms with Gasteiger partial charge in [0.25, 0.3) is 0 Å². The van der Waals surface area contributed by atoms with Crippen molar-refractivity contribution < 1.29 is 27.1 Å². The number of sulfonamides is 1. The van der Waals surface area contributed by atoms with Crippen LogP contribution in [0.4, 0.5) is 9.18 Å². The topological polar surface area (TPSA) is 120 Å². The van der Waals surface area contributed by atoms with Crippen molar-refractivity contribution in [1.82, 2.24) is 25.4 Å². The Morgan fingerprint density at radius 1 is 1.19 bits per heavy atom. The van der Waals surface area contributed by atoms with Gasteiger partial charge in [0.1, 0.15) is 11.8 Å². The Kier molecular flexibility index (Phi) is 10.1. The van der Waals surface area contributed by atoms with E-state index in [0.29, 0.717) is 38.5 Å². The smallest absolute Gasteiger partial charge is 0.410 e. The quantitative estimate of drug-likeness (QED) is 0.319. The van der Waals surface area contributed by atoms with Crippen LogP contribution in [0.5, 0.6) is 0 Å². The first-order chi connectivity index (χ1) is 17.1. The number of rotatable bonds is 7. The van der Waals surface area contributed by atoms with Gasteiger partial charge in [-0.2, -0.15) is 0 Å². The van der Waals surface area contributed by atoms with Crippen molar-refractivity contribution in [3.05, 3.63) is 0 Å². The number of nitrogens with zero attached hydrogens (tertiary/aromatic N) is 2. The lowest BCUT2D eigenvalue weighted by Crippen LogP contribution is -2.52. The third-order valence-corrected chi connectivity index (χ3v) is 9.42. The van der Waals surface area contributed by atoms with Gasteiger partial charge in [-0.1, -0.05) is 0 Å². The van der Waals surface area contributed by atoms with Gasteiger partial charge in [0.15, 0.2) is 0 Å². The molecular weight excluding hydrogens is 525 g/mol. The maximum absolute atomic E-state index is 14.8. The van der Waals surface area contributed by atoms with Gasteiger partial charge in [0.2, 0.25) is 15.9 Å². The first kappa shape index (κ1) is 30.3. The maximum Gasteiger partial charge on any atom is 0.410 e. The highest BCUT2D eigenvalue weighted by atomic mass is 35.5. The lowest BCUT2D eigenvalue weighted by molar-refractivity contribution is -0.129. The van der Waals surface area contributed by atoms with Crippen LogP contribution in [0.3, 0.4) is 0 Å². The highest BCUT2D eigenvalue weighted by molar-refractivity contribution is 7.89. The average Bonchev–Trinajstić information content (AvgIpc) is 3.24. The van der Waals surface area contributed by atoms with Gasteiger partial charge in [-0.25, -0.2) is 17.6 Å². The zero-order valence-corrected chi connectivity index (χ0v) is 24.1. The second-order valence-corrected chi connectivity index (χ2v) is 14.3. The van der Waals surface area contributed by atoms with Crippen molar-refractivity contribution in [1.29, 1.82) is 0 Å². The van der Waals surface area contributed by atoms with Crippen molar-refractivity contribution in [3.8, 4) is 0 Å². The van der Waals surface area contributed by atoms with Crippen LogP contribution < -0.4 is 15.6 Å². The predicted molar refractivity (Wildman–Crippen MR) is 140 cm³/mol. The van der Waals surface area contributed by atoms with E-state index in [1.165, 1.54) is 0 Å². The van der Waals surface area contributed by atoms with Gasteiger partial charge in [0.05, 0.1) is 17.0 Å². The summed E-state index contributed by atoms with van der Waals surface area (Å²) in [6, 6.07) is 0.107. The van der Waals surface area contributed by atoms with Crippen LogP contribution in [0.25, 0.3) is 0 Å². The number of halogens is 2. The summed E-state index contributed by atoms with van der Waals surface area (Å²) in [5.74, 6) is -1.95. The number of alkyl halides is 2. The minimum atomic E-state index is -3.82. The summed E-state index contributed by atoms with van der Waals surface area (Å²) in [5, 5.41) is 2.57. The summed E-state index contributed by atoms with van der Waals surface area (Å²) in [6.07, 6.45) is 1.42. The van der Waals surface area contributed by atoms with E-state index >= 15 is 0 Å². The number of hydrazine groups is 1. The molecule has 3 fully saturated rings. The van der Waals surface area contributed by atoms with E-state index in [0.717, 1.165) is 13.2 Å². The molecule has 0 aromatic carbocycles. The summed E-state index contributed by atoms with van der Waals surface area (Å²) in [6.45, 7) is 6.95. The van der Waals surface area contributed by atoms with Crippen LogP contribution in [0.15, 0.2) is 0 Å². The Balaban J connectivity index is 1.46. The van der Waals surface area contributed by atoms with Gasteiger partial charge in [-0.05, 0) is 78.2 Å². The molecule has 0 bridgehead atoms. The van der Waals surface area contributed by atoms with E-state index in [1.54, 1.807) is 11.9 Å². The largest absolute Gasteiger partial charge is 0.444 e. The molecule has 0 radical (unpaired) electrons. The fraction of sp³-hybridized carbons (Fsp3) is 0.917. The van der Waals surface area contributed by atoms with Crippen LogP contribution >= 0.6 is 11.6 Å². The summed E-state index contributed by atoms with van der Waals surface area (Å²) in [4.78, 5) is 31.0. The van der Waals surface area contributed by atoms with Crippen molar-refractivity contribution in [2.45, 2.75) is 88.5 Å². The summed E-state index contributed by atoms with van der Waals surface area (Å²) < 4.78 is 45.6. The molecule has 0 aromatic heterocycles. The van der Waals surface area contributed by atoms with E-state index in [1.807, 2.05) is 27.8 Å². The number of carbonyl (C=O) groups excluding carboxylic acids is 2. The minimum absolute atomic E-state index is 0.0140. The zero-order chi connectivity index (χ0) is 27.5. The van der Waals surface area contributed by atoms with E-state index < -0.39 is 39.0 Å². The van der Waals surface area contributed by atoms with Gasteiger partial charge in [-0.15, -0.1) is 16.4 Å². The molecular formula is C24H43ClFN5O5S. The molecule has 0 aromatic rings. The minimum Gasteiger partial charge on any atom is -0.444 e. The Morgan fingerprint density at radius 3 is 2.41 bits per heavy atom. The first-order valence-electron chi connectivity index (χ1n) is 13.1.